The SMILES string of the molecule is CC(C)C(C(=O)N(C)CC#N)N1Cc2c(F)cnc3[nH]cc(c23)C1=O. The number of nitrogens with zero attached hydrogens (tertiary/aromatic N) is 4. The lowest BCUT2D eigenvalue weighted by molar-refractivity contribution is -0.136. The Balaban J connectivity index is 2.05. The average Bonchev–Trinajstić information content (AvgIpc) is 2.99. The van der Waals surface area contributed by atoms with E-state index in [1.807, 2.05) is 19.9 Å². The van der Waals surface area contributed by atoms with Gasteiger partial charge in [-0.3, -0.25) is 9.59 Å². The fraction of sp³-hybridized carbons (Fsp3) is 0.412. The third-order valence-corrected chi connectivity index (χ3v) is 4.48. The van der Waals surface area contributed by atoms with Gasteiger partial charge in [0.25, 0.3) is 5.91 Å². The van der Waals surface area contributed by atoms with Gasteiger partial charge in [0.05, 0.1) is 24.4 Å². The van der Waals surface area contributed by atoms with E-state index in [1.165, 1.54) is 23.0 Å². The van der Waals surface area contributed by atoms with Crippen molar-refractivity contribution >= 4 is 22.8 Å². The van der Waals surface area contributed by atoms with E-state index in [4.69, 9.17) is 5.26 Å². The Kier molecular flexibility index (Phi) is 4.17. The summed E-state index contributed by atoms with van der Waals surface area (Å²) < 4.78 is 14.3. The van der Waals surface area contributed by atoms with Gasteiger partial charge < -0.3 is 14.8 Å². The summed E-state index contributed by atoms with van der Waals surface area (Å²) in [5, 5.41) is 9.30. The zero-order chi connectivity index (χ0) is 18.3. The Bertz CT molecular complexity index is 898. The first-order chi connectivity index (χ1) is 11.9. The van der Waals surface area contributed by atoms with Gasteiger partial charge in [0, 0.05) is 24.2 Å². The molecule has 0 bridgehead atoms. The van der Waals surface area contributed by atoms with Gasteiger partial charge in [-0.15, -0.1) is 0 Å². The summed E-state index contributed by atoms with van der Waals surface area (Å²) in [6.07, 6.45) is 2.61. The van der Waals surface area contributed by atoms with Crippen molar-refractivity contribution in [3.63, 3.8) is 0 Å². The quantitative estimate of drug-likeness (QED) is 0.855. The van der Waals surface area contributed by atoms with E-state index in [-0.39, 0.29) is 30.8 Å². The molecule has 0 radical (unpaired) electrons. The van der Waals surface area contributed by atoms with Crippen molar-refractivity contribution in [1.29, 1.82) is 5.26 Å². The third-order valence-electron chi connectivity index (χ3n) is 4.48. The molecule has 130 valence electrons. The summed E-state index contributed by atoms with van der Waals surface area (Å²) in [6, 6.07) is 1.14. The molecule has 0 aromatic carbocycles. The Morgan fingerprint density at radius 2 is 2.28 bits per heavy atom. The second-order valence-electron chi connectivity index (χ2n) is 6.48. The molecule has 0 saturated carbocycles. The van der Waals surface area contributed by atoms with Gasteiger partial charge in [-0.05, 0) is 5.92 Å². The minimum absolute atomic E-state index is 0.0104. The van der Waals surface area contributed by atoms with E-state index >= 15 is 0 Å². The molecule has 8 heteroatoms. The highest BCUT2D eigenvalue weighted by molar-refractivity contribution is 6.10. The van der Waals surface area contributed by atoms with Gasteiger partial charge in [-0.2, -0.15) is 5.26 Å². The summed E-state index contributed by atoms with van der Waals surface area (Å²) in [6.45, 7) is 3.55. The number of carbonyl (C=O) groups is 2. The number of hydrogen-bond donors (Lipinski definition) is 1. The fourth-order valence-corrected chi connectivity index (χ4v) is 3.27. The van der Waals surface area contributed by atoms with Gasteiger partial charge in [0.2, 0.25) is 5.91 Å². The lowest BCUT2D eigenvalue weighted by Gasteiger charge is -2.37. The maximum absolute atomic E-state index is 14.3. The number of aromatic nitrogens is 2. The summed E-state index contributed by atoms with van der Waals surface area (Å²) in [4.78, 5) is 35.2. The molecule has 0 spiro atoms. The zero-order valence-electron chi connectivity index (χ0n) is 14.2. The molecule has 1 atom stereocenters. The Morgan fingerprint density at radius 3 is 2.92 bits per heavy atom. The molecule has 2 aromatic heterocycles. The molecule has 1 aliphatic rings. The Hall–Kier alpha value is -2.95. The van der Waals surface area contributed by atoms with Gasteiger partial charge in [0.15, 0.2) is 0 Å². The smallest absolute Gasteiger partial charge is 0.257 e. The molecule has 7 nitrogen and oxygen atoms in total. The number of rotatable bonds is 4. The molecule has 0 fully saturated rings. The van der Waals surface area contributed by atoms with E-state index in [2.05, 4.69) is 9.97 Å². The largest absolute Gasteiger partial charge is 0.345 e. The third kappa shape index (κ3) is 2.61. The van der Waals surface area contributed by atoms with E-state index in [0.717, 1.165) is 6.20 Å². The van der Waals surface area contributed by atoms with Crippen LogP contribution in [0.15, 0.2) is 12.4 Å². The highest BCUT2D eigenvalue weighted by Crippen LogP contribution is 2.32. The standard InChI is InChI=1S/C17H18FN5O2/c1-9(2)14(17(25)22(3)5-4-19)23-8-11-12(18)7-21-15-13(11)10(6-20-15)16(23)24/h6-7,9,14H,5,8H2,1-3H3,(H,20,21). The van der Waals surface area contributed by atoms with Crippen molar-refractivity contribution in [1.82, 2.24) is 19.8 Å². The average molecular weight is 343 g/mol. The highest BCUT2D eigenvalue weighted by atomic mass is 19.1. The summed E-state index contributed by atoms with van der Waals surface area (Å²) >= 11 is 0. The summed E-state index contributed by atoms with van der Waals surface area (Å²) in [5.41, 5.74) is 1.11. The molecule has 25 heavy (non-hydrogen) atoms. The van der Waals surface area contributed by atoms with Crippen LogP contribution in [0.2, 0.25) is 0 Å². The van der Waals surface area contributed by atoms with E-state index in [9.17, 15) is 14.0 Å². The molecule has 3 heterocycles. The van der Waals surface area contributed by atoms with Crippen LogP contribution < -0.4 is 0 Å². The van der Waals surface area contributed by atoms with Crippen LogP contribution in [0.25, 0.3) is 11.0 Å². The van der Waals surface area contributed by atoms with Crippen LogP contribution in [0.1, 0.15) is 29.8 Å². The van der Waals surface area contributed by atoms with E-state index < -0.39 is 11.9 Å². The lowest BCUT2D eigenvalue weighted by atomic mass is 9.95. The highest BCUT2D eigenvalue weighted by Gasteiger charge is 2.39. The van der Waals surface area contributed by atoms with E-state index in [0.29, 0.717) is 22.2 Å². The molecule has 2 amide bonds. The number of aromatic amines is 1. The number of H-pyrrole nitrogens is 1. The first kappa shape index (κ1) is 16.9. The van der Waals surface area contributed by atoms with Gasteiger partial charge in [0.1, 0.15) is 24.1 Å². The van der Waals surface area contributed by atoms with Crippen LogP contribution in [-0.2, 0) is 11.3 Å². The van der Waals surface area contributed by atoms with Crippen LogP contribution in [0.5, 0.6) is 0 Å². The van der Waals surface area contributed by atoms with Crippen molar-refractivity contribution < 1.29 is 14.0 Å². The number of pyridine rings is 1. The van der Waals surface area contributed by atoms with Crippen LogP contribution in [0, 0.1) is 23.1 Å². The molecule has 0 saturated heterocycles. The number of likely N-dealkylation sites (N-methyl/N-ethyl adjacent to an activating group) is 1. The molecular formula is C17H18FN5O2. The molecule has 1 aliphatic heterocycles. The number of halogens is 1. The molecule has 3 rings (SSSR count). The molecule has 1 unspecified atom stereocenters. The Morgan fingerprint density at radius 1 is 1.56 bits per heavy atom. The fourth-order valence-electron chi connectivity index (χ4n) is 3.27. The molecule has 2 aromatic rings. The summed E-state index contributed by atoms with van der Waals surface area (Å²) in [5.74, 6) is -1.39. The minimum Gasteiger partial charge on any atom is -0.345 e. The maximum atomic E-state index is 14.3. The van der Waals surface area contributed by atoms with Crippen molar-refractivity contribution in [2.24, 2.45) is 5.92 Å². The number of hydrogen-bond acceptors (Lipinski definition) is 4. The molecule has 1 N–H and O–H groups in total. The lowest BCUT2D eigenvalue weighted by Crippen LogP contribution is -2.53. The van der Waals surface area contributed by atoms with Crippen LogP contribution in [0.4, 0.5) is 4.39 Å². The van der Waals surface area contributed by atoms with Gasteiger partial charge in [-0.1, -0.05) is 13.8 Å². The number of carbonyl (C=O) groups excluding carboxylic acids is 2. The summed E-state index contributed by atoms with van der Waals surface area (Å²) in [7, 11) is 1.52. The number of nitrogens with one attached hydrogen (secondary N) is 1. The molecular weight excluding hydrogens is 325 g/mol. The van der Waals surface area contributed by atoms with Crippen LogP contribution in [-0.4, -0.2) is 51.2 Å². The molecule has 0 aliphatic carbocycles. The van der Waals surface area contributed by atoms with Crippen molar-refractivity contribution in [2.45, 2.75) is 26.4 Å². The van der Waals surface area contributed by atoms with E-state index in [1.54, 1.807) is 0 Å². The normalized spacial score (nSPS) is 14.7. The second kappa shape index (κ2) is 6.16. The first-order valence-electron chi connectivity index (χ1n) is 7.94. The predicted molar refractivity (Wildman–Crippen MR) is 87.8 cm³/mol. The van der Waals surface area contributed by atoms with Crippen molar-refractivity contribution in [3.05, 3.63) is 29.3 Å². The monoisotopic (exact) mass is 343 g/mol. The Labute approximate surface area is 144 Å². The maximum Gasteiger partial charge on any atom is 0.257 e. The van der Waals surface area contributed by atoms with Crippen LogP contribution in [0.3, 0.4) is 0 Å². The van der Waals surface area contributed by atoms with Crippen molar-refractivity contribution in [3.8, 4) is 6.07 Å². The van der Waals surface area contributed by atoms with Crippen molar-refractivity contribution in [2.75, 3.05) is 13.6 Å². The van der Waals surface area contributed by atoms with Gasteiger partial charge >= 0.3 is 0 Å². The second-order valence-corrected chi connectivity index (χ2v) is 6.48. The van der Waals surface area contributed by atoms with Crippen LogP contribution >= 0.6 is 0 Å². The zero-order valence-corrected chi connectivity index (χ0v) is 14.2. The van der Waals surface area contributed by atoms with Gasteiger partial charge in [-0.25, -0.2) is 9.37 Å². The number of nitriles is 1. The topological polar surface area (TPSA) is 93.1 Å². The first-order valence-corrected chi connectivity index (χ1v) is 7.94. The minimum atomic E-state index is -0.781. The number of amides is 2. The predicted octanol–water partition coefficient (Wildman–Crippen LogP) is 1.66.